The van der Waals surface area contributed by atoms with Gasteiger partial charge in [0.25, 0.3) is 0 Å². The fourth-order valence-corrected chi connectivity index (χ4v) is 2.38. The van der Waals surface area contributed by atoms with E-state index in [1.807, 2.05) is 38.1 Å². The summed E-state index contributed by atoms with van der Waals surface area (Å²) in [5.74, 6) is 1.12. The Morgan fingerprint density at radius 3 is 2.90 bits per heavy atom. The number of carbonyl (C=O) groups excluding carboxylic acids is 1. The molecule has 1 saturated carbocycles. The predicted octanol–water partition coefficient (Wildman–Crippen LogP) is 1.56. The summed E-state index contributed by atoms with van der Waals surface area (Å²) in [6, 6.07) is 8.09. The van der Waals surface area contributed by atoms with Crippen molar-refractivity contribution >= 4 is 5.91 Å². The molecule has 1 aromatic heterocycles. The van der Waals surface area contributed by atoms with Crippen LogP contribution in [0.15, 0.2) is 24.3 Å². The molecule has 1 aliphatic rings. The first kappa shape index (κ1) is 13.7. The van der Waals surface area contributed by atoms with E-state index in [0.29, 0.717) is 11.7 Å². The molecule has 1 N–H and O–H groups in total. The Morgan fingerprint density at radius 1 is 1.43 bits per heavy atom. The summed E-state index contributed by atoms with van der Waals surface area (Å²) in [4.78, 5) is 13.3. The third-order valence-electron chi connectivity index (χ3n) is 3.84. The molecule has 0 aliphatic heterocycles. The van der Waals surface area contributed by atoms with Crippen molar-refractivity contribution in [2.45, 2.75) is 39.3 Å². The molecule has 6 heteroatoms. The first-order valence-electron chi connectivity index (χ1n) is 7.26. The second kappa shape index (κ2) is 5.63. The molecule has 1 amide bonds. The number of nitrogens with one attached hydrogen (secondary N) is 1. The van der Waals surface area contributed by atoms with Crippen LogP contribution in [0.1, 0.15) is 25.3 Å². The highest BCUT2D eigenvalue weighted by Gasteiger charge is 2.28. The van der Waals surface area contributed by atoms with Gasteiger partial charge in [0, 0.05) is 11.6 Å². The number of aromatic nitrogens is 4. The Labute approximate surface area is 123 Å². The SMILES string of the molecule is Cc1ccccc1-c1nnn(CC(=O)N[C@@H](C)C2CC2)n1. The molecule has 0 bridgehead atoms. The van der Waals surface area contributed by atoms with Gasteiger partial charge in [-0.1, -0.05) is 24.3 Å². The zero-order chi connectivity index (χ0) is 14.8. The summed E-state index contributed by atoms with van der Waals surface area (Å²) in [7, 11) is 0. The highest BCUT2D eigenvalue weighted by molar-refractivity contribution is 5.75. The topological polar surface area (TPSA) is 72.7 Å². The molecule has 0 unspecified atom stereocenters. The first-order valence-corrected chi connectivity index (χ1v) is 7.26. The molecule has 3 rings (SSSR count). The van der Waals surface area contributed by atoms with E-state index in [9.17, 15) is 4.79 Å². The Balaban J connectivity index is 1.65. The Morgan fingerprint density at radius 2 is 2.19 bits per heavy atom. The van der Waals surface area contributed by atoms with E-state index in [-0.39, 0.29) is 18.5 Å². The largest absolute Gasteiger partial charge is 0.352 e. The van der Waals surface area contributed by atoms with Crippen LogP contribution in [0.2, 0.25) is 0 Å². The average molecular weight is 285 g/mol. The van der Waals surface area contributed by atoms with Crippen LogP contribution in [-0.2, 0) is 11.3 Å². The summed E-state index contributed by atoms with van der Waals surface area (Å²) in [5.41, 5.74) is 2.03. The van der Waals surface area contributed by atoms with Crippen LogP contribution in [0.25, 0.3) is 11.4 Å². The molecule has 110 valence electrons. The van der Waals surface area contributed by atoms with Gasteiger partial charge in [0.2, 0.25) is 11.7 Å². The predicted molar refractivity (Wildman–Crippen MR) is 78.3 cm³/mol. The molecule has 2 aromatic rings. The maximum atomic E-state index is 11.9. The lowest BCUT2D eigenvalue weighted by atomic mass is 10.1. The summed E-state index contributed by atoms with van der Waals surface area (Å²) in [6.45, 7) is 4.15. The maximum absolute atomic E-state index is 11.9. The van der Waals surface area contributed by atoms with Crippen molar-refractivity contribution < 1.29 is 4.79 Å². The van der Waals surface area contributed by atoms with Crippen molar-refractivity contribution in [2.24, 2.45) is 5.92 Å². The number of amides is 1. The van der Waals surface area contributed by atoms with Crippen LogP contribution in [0.4, 0.5) is 0 Å². The lowest BCUT2D eigenvalue weighted by molar-refractivity contribution is -0.122. The molecular weight excluding hydrogens is 266 g/mol. The van der Waals surface area contributed by atoms with Crippen LogP contribution in [0.3, 0.4) is 0 Å². The first-order chi connectivity index (χ1) is 10.1. The van der Waals surface area contributed by atoms with E-state index in [4.69, 9.17) is 0 Å². The van der Waals surface area contributed by atoms with Crippen LogP contribution < -0.4 is 5.32 Å². The van der Waals surface area contributed by atoms with Gasteiger partial charge in [-0.05, 0) is 43.4 Å². The van der Waals surface area contributed by atoms with Gasteiger partial charge in [0.1, 0.15) is 6.54 Å². The van der Waals surface area contributed by atoms with E-state index < -0.39 is 0 Å². The van der Waals surface area contributed by atoms with Gasteiger partial charge in [-0.25, -0.2) is 0 Å². The highest BCUT2D eigenvalue weighted by atomic mass is 16.2. The van der Waals surface area contributed by atoms with Crippen molar-refractivity contribution in [3.8, 4) is 11.4 Å². The van der Waals surface area contributed by atoms with E-state index in [2.05, 4.69) is 20.7 Å². The summed E-state index contributed by atoms with van der Waals surface area (Å²) < 4.78 is 0. The van der Waals surface area contributed by atoms with Crippen molar-refractivity contribution in [2.75, 3.05) is 0 Å². The van der Waals surface area contributed by atoms with Gasteiger partial charge in [-0.3, -0.25) is 4.79 Å². The number of hydrogen-bond donors (Lipinski definition) is 1. The number of nitrogens with zero attached hydrogens (tertiary/aromatic N) is 4. The lowest BCUT2D eigenvalue weighted by Crippen LogP contribution is -2.36. The van der Waals surface area contributed by atoms with Crippen molar-refractivity contribution in [1.29, 1.82) is 0 Å². The second-order valence-electron chi connectivity index (χ2n) is 5.65. The normalized spacial score (nSPS) is 15.7. The minimum atomic E-state index is -0.0665. The number of tetrazole rings is 1. The zero-order valence-corrected chi connectivity index (χ0v) is 12.3. The summed E-state index contributed by atoms with van der Waals surface area (Å²) >= 11 is 0. The monoisotopic (exact) mass is 285 g/mol. The number of aryl methyl sites for hydroxylation is 1. The molecule has 1 aromatic carbocycles. The van der Waals surface area contributed by atoms with E-state index in [1.54, 1.807) is 0 Å². The minimum absolute atomic E-state index is 0.0665. The fraction of sp³-hybridized carbons (Fsp3) is 0.467. The standard InChI is InChI=1S/C15H19N5O/c1-10-5-3-4-6-13(10)15-17-19-20(18-15)9-14(21)16-11(2)12-7-8-12/h3-6,11-12H,7-9H2,1-2H3,(H,16,21)/t11-/m0/s1. The second-order valence-corrected chi connectivity index (χ2v) is 5.65. The van der Waals surface area contributed by atoms with Crippen LogP contribution in [0.5, 0.6) is 0 Å². The van der Waals surface area contributed by atoms with Crippen LogP contribution in [0, 0.1) is 12.8 Å². The smallest absolute Gasteiger partial charge is 0.243 e. The van der Waals surface area contributed by atoms with Crippen molar-refractivity contribution in [3.63, 3.8) is 0 Å². The van der Waals surface area contributed by atoms with Gasteiger partial charge in [0.05, 0.1) is 0 Å². The Kier molecular flexibility index (Phi) is 3.68. The lowest BCUT2D eigenvalue weighted by Gasteiger charge is -2.11. The molecule has 6 nitrogen and oxygen atoms in total. The maximum Gasteiger partial charge on any atom is 0.243 e. The third kappa shape index (κ3) is 3.26. The van der Waals surface area contributed by atoms with Gasteiger partial charge < -0.3 is 5.32 Å². The van der Waals surface area contributed by atoms with Crippen molar-refractivity contribution in [3.05, 3.63) is 29.8 Å². The number of rotatable bonds is 5. The molecule has 21 heavy (non-hydrogen) atoms. The van der Waals surface area contributed by atoms with Gasteiger partial charge in [-0.2, -0.15) is 4.80 Å². The zero-order valence-electron chi connectivity index (χ0n) is 12.3. The molecule has 1 aliphatic carbocycles. The Hall–Kier alpha value is -2.24. The van der Waals surface area contributed by atoms with E-state index in [0.717, 1.165) is 11.1 Å². The summed E-state index contributed by atoms with van der Waals surface area (Å²) in [6.07, 6.45) is 2.42. The molecular formula is C15H19N5O. The molecule has 0 saturated heterocycles. The molecule has 1 heterocycles. The van der Waals surface area contributed by atoms with E-state index >= 15 is 0 Å². The fourth-order valence-electron chi connectivity index (χ4n) is 2.38. The molecule has 1 atom stereocenters. The highest BCUT2D eigenvalue weighted by Crippen LogP contribution is 2.32. The third-order valence-corrected chi connectivity index (χ3v) is 3.84. The molecule has 0 radical (unpaired) electrons. The van der Waals surface area contributed by atoms with Crippen LogP contribution >= 0.6 is 0 Å². The molecule has 0 spiro atoms. The molecule has 1 fully saturated rings. The minimum Gasteiger partial charge on any atom is -0.352 e. The Bertz CT molecular complexity index is 647. The van der Waals surface area contributed by atoms with Crippen molar-refractivity contribution in [1.82, 2.24) is 25.5 Å². The van der Waals surface area contributed by atoms with Gasteiger partial charge in [0.15, 0.2) is 0 Å². The quantitative estimate of drug-likeness (QED) is 0.905. The number of benzene rings is 1. The van der Waals surface area contributed by atoms with Gasteiger partial charge in [-0.15, -0.1) is 10.2 Å². The van der Waals surface area contributed by atoms with Gasteiger partial charge >= 0.3 is 0 Å². The number of hydrogen-bond acceptors (Lipinski definition) is 4. The average Bonchev–Trinajstić information content (AvgIpc) is 3.21. The number of carbonyl (C=O) groups is 1. The summed E-state index contributed by atoms with van der Waals surface area (Å²) in [5, 5.41) is 15.3. The van der Waals surface area contributed by atoms with E-state index in [1.165, 1.54) is 17.6 Å². The van der Waals surface area contributed by atoms with Crippen LogP contribution in [-0.4, -0.2) is 32.2 Å².